The van der Waals surface area contributed by atoms with E-state index in [1.165, 1.54) is 12.8 Å². The van der Waals surface area contributed by atoms with E-state index in [0.29, 0.717) is 5.92 Å². The molecule has 1 aromatic carbocycles. The molecule has 0 heterocycles. The number of aryl methyl sites for hydroxylation is 1. The number of hydrogen-bond acceptors (Lipinski definition) is 3. The molecule has 0 unspecified atom stereocenters. The van der Waals surface area contributed by atoms with Crippen LogP contribution >= 0.6 is 0 Å². The lowest BCUT2D eigenvalue weighted by atomic mass is 10.1. The molecule has 1 aliphatic carbocycles. The Morgan fingerprint density at radius 1 is 1.53 bits per heavy atom. The molecule has 0 radical (unpaired) electrons. The maximum absolute atomic E-state index is 11.6. The highest BCUT2D eigenvalue weighted by molar-refractivity contribution is 5.77. The van der Waals surface area contributed by atoms with Crippen molar-refractivity contribution in [3.05, 3.63) is 29.3 Å². The molecule has 4 heteroatoms. The molecule has 0 saturated heterocycles. The normalized spacial score (nSPS) is 15.9. The van der Waals surface area contributed by atoms with Gasteiger partial charge in [-0.05, 0) is 49.8 Å². The van der Waals surface area contributed by atoms with Crippen LogP contribution in [0.3, 0.4) is 0 Å². The first-order chi connectivity index (χ1) is 9.06. The minimum Gasteiger partial charge on any atom is -0.484 e. The molecule has 1 aromatic rings. The highest BCUT2D eigenvalue weighted by Crippen LogP contribution is 2.27. The zero-order chi connectivity index (χ0) is 13.8. The van der Waals surface area contributed by atoms with E-state index >= 15 is 0 Å². The summed E-state index contributed by atoms with van der Waals surface area (Å²) in [4.78, 5) is 11.6. The van der Waals surface area contributed by atoms with Crippen LogP contribution in [0, 0.1) is 12.8 Å². The first-order valence-electron chi connectivity index (χ1n) is 6.82. The number of rotatable bonds is 6. The quantitative estimate of drug-likeness (QED) is 0.823. The van der Waals surface area contributed by atoms with E-state index in [9.17, 15) is 4.79 Å². The van der Waals surface area contributed by atoms with Crippen molar-refractivity contribution in [2.24, 2.45) is 11.7 Å². The van der Waals surface area contributed by atoms with Crippen LogP contribution in [-0.4, -0.2) is 19.1 Å². The predicted octanol–water partition coefficient (Wildman–Crippen LogP) is 1.92. The van der Waals surface area contributed by atoms with Gasteiger partial charge < -0.3 is 15.8 Å². The van der Waals surface area contributed by atoms with Gasteiger partial charge in [0.25, 0.3) is 5.91 Å². The fraction of sp³-hybridized carbons (Fsp3) is 0.533. The first-order valence-corrected chi connectivity index (χ1v) is 6.82. The molecule has 1 amide bonds. The smallest absolute Gasteiger partial charge is 0.257 e. The third-order valence-corrected chi connectivity index (χ3v) is 3.37. The molecule has 2 rings (SSSR count). The lowest BCUT2D eigenvalue weighted by Gasteiger charge is -2.12. The van der Waals surface area contributed by atoms with Crippen molar-refractivity contribution in [1.29, 1.82) is 0 Å². The van der Waals surface area contributed by atoms with Crippen molar-refractivity contribution in [1.82, 2.24) is 5.32 Å². The molecule has 0 aromatic heterocycles. The van der Waals surface area contributed by atoms with E-state index in [2.05, 4.69) is 5.32 Å². The van der Waals surface area contributed by atoms with E-state index in [1.54, 1.807) is 0 Å². The second kappa shape index (κ2) is 6.06. The molecule has 19 heavy (non-hydrogen) atoms. The molecule has 1 saturated carbocycles. The summed E-state index contributed by atoms with van der Waals surface area (Å²) >= 11 is 0. The molecule has 104 valence electrons. The lowest BCUT2D eigenvalue weighted by Crippen LogP contribution is -2.30. The highest BCUT2D eigenvalue weighted by atomic mass is 16.5. The molecular formula is C15H22N2O2. The molecule has 1 aliphatic rings. The zero-order valence-electron chi connectivity index (χ0n) is 11.6. The Labute approximate surface area is 114 Å². The van der Waals surface area contributed by atoms with Crippen molar-refractivity contribution < 1.29 is 9.53 Å². The molecular weight excluding hydrogens is 240 g/mol. The van der Waals surface area contributed by atoms with Gasteiger partial charge in [-0.1, -0.05) is 12.1 Å². The maximum Gasteiger partial charge on any atom is 0.257 e. The van der Waals surface area contributed by atoms with Crippen LogP contribution in [0.5, 0.6) is 5.75 Å². The Bertz CT molecular complexity index is 453. The van der Waals surface area contributed by atoms with Gasteiger partial charge in [0.05, 0.1) is 0 Å². The Hall–Kier alpha value is -1.55. The molecule has 0 bridgehead atoms. The molecule has 1 atom stereocenters. The summed E-state index contributed by atoms with van der Waals surface area (Å²) in [5, 5.41) is 2.88. The van der Waals surface area contributed by atoms with Crippen molar-refractivity contribution in [3.8, 4) is 5.75 Å². The Morgan fingerprint density at radius 2 is 2.26 bits per heavy atom. The summed E-state index contributed by atoms with van der Waals surface area (Å²) in [5.41, 5.74) is 7.90. The lowest BCUT2D eigenvalue weighted by molar-refractivity contribution is -0.123. The summed E-state index contributed by atoms with van der Waals surface area (Å²) < 4.78 is 5.53. The summed E-state index contributed by atoms with van der Waals surface area (Å²) in [6, 6.07) is 5.83. The fourth-order valence-electron chi connectivity index (χ4n) is 1.89. The topological polar surface area (TPSA) is 64.3 Å². The van der Waals surface area contributed by atoms with Crippen molar-refractivity contribution in [3.63, 3.8) is 0 Å². The number of benzene rings is 1. The third-order valence-electron chi connectivity index (χ3n) is 3.37. The third kappa shape index (κ3) is 4.24. The Kier molecular flexibility index (Phi) is 4.43. The van der Waals surface area contributed by atoms with E-state index in [1.807, 2.05) is 32.0 Å². The average molecular weight is 262 g/mol. The minimum atomic E-state index is -0.0532. The van der Waals surface area contributed by atoms with Crippen LogP contribution in [0.15, 0.2) is 18.2 Å². The predicted molar refractivity (Wildman–Crippen MR) is 75.0 cm³/mol. The Balaban J connectivity index is 1.82. The van der Waals surface area contributed by atoms with Gasteiger partial charge in [-0.25, -0.2) is 0 Å². The van der Waals surface area contributed by atoms with Crippen LogP contribution in [-0.2, 0) is 4.79 Å². The van der Waals surface area contributed by atoms with Gasteiger partial charge in [0.15, 0.2) is 6.61 Å². The van der Waals surface area contributed by atoms with Crippen LogP contribution in [0.1, 0.15) is 36.9 Å². The summed E-state index contributed by atoms with van der Waals surface area (Å²) in [6.07, 6.45) is 2.47. The Morgan fingerprint density at radius 3 is 2.84 bits per heavy atom. The van der Waals surface area contributed by atoms with Crippen LogP contribution in [0.25, 0.3) is 0 Å². The number of amides is 1. The van der Waals surface area contributed by atoms with Gasteiger partial charge in [0.2, 0.25) is 0 Å². The van der Waals surface area contributed by atoms with E-state index in [0.717, 1.165) is 23.4 Å². The van der Waals surface area contributed by atoms with Gasteiger partial charge in [-0.15, -0.1) is 0 Å². The van der Waals surface area contributed by atoms with Gasteiger partial charge in [-0.3, -0.25) is 4.79 Å². The van der Waals surface area contributed by atoms with E-state index in [4.69, 9.17) is 10.5 Å². The number of ether oxygens (including phenoxy) is 1. The van der Waals surface area contributed by atoms with Crippen LogP contribution in [0.4, 0.5) is 0 Å². The van der Waals surface area contributed by atoms with Crippen molar-refractivity contribution in [2.45, 2.75) is 32.7 Å². The SMILES string of the molecule is Cc1cc([C@@H](C)N)ccc1OCC(=O)NCC1CC1. The first kappa shape index (κ1) is 13.9. The number of carbonyl (C=O) groups excluding carboxylic acids is 1. The molecule has 0 spiro atoms. The number of hydrogen-bond donors (Lipinski definition) is 2. The standard InChI is InChI=1S/C15H22N2O2/c1-10-7-13(11(2)16)5-6-14(10)19-9-15(18)17-8-12-3-4-12/h5-7,11-12H,3-4,8-9,16H2,1-2H3,(H,17,18)/t11-/m1/s1. The van der Waals surface area contributed by atoms with Crippen LogP contribution in [0.2, 0.25) is 0 Å². The summed E-state index contributed by atoms with van der Waals surface area (Å²) in [5.74, 6) is 1.38. The van der Waals surface area contributed by atoms with Crippen molar-refractivity contribution in [2.75, 3.05) is 13.2 Å². The van der Waals surface area contributed by atoms with E-state index < -0.39 is 0 Å². The zero-order valence-corrected chi connectivity index (χ0v) is 11.6. The second-order valence-corrected chi connectivity index (χ2v) is 5.35. The van der Waals surface area contributed by atoms with E-state index in [-0.39, 0.29) is 18.6 Å². The number of nitrogens with two attached hydrogens (primary N) is 1. The highest BCUT2D eigenvalue weighted by Gasteiger charge is 2.21. The fourth-order valence-corrected chi connectivity index (χ4v) is 1.89. The molecule has 4 nitrogen and oxygen atoms in total. The number of nitrogens with one attached hydrogen (secondary N) is 1. The summed E-state index contributed by atoms with van der Waals surface area (Å²) in [6.45, 7) is 4.76. The average Bonchev–Trinajstić information content (AvgIpc) is 3.18. The summed E-state index contributed by atoms with van der Waals surface area (Å²) in [7, 11) is 0. The molecule has 3 N–H and O–H groups in total. The molecule has 0 aliphatic heterocycles. The van der Waals surface area contributed by atoms with Crippen molar-refractivity contribution >= 4 is 5.91 Å². The van der Waals surface area contributed by atoms with Gasteiger partial charge >= 0.3 is 0 Å². The minimum absolute atomic E-state index is 0.00888. The van der Waals surface area contributed by atoms with Gasteiger partial charge in [0, 0.05) is 12.6 Å². The van der Waals surface area contributed by atoms with Gasteiger partial charge in [0.1, 0.15) is 5.75 Å². The van der Waals surface area contributed by atoms with Gasteiger partial charge in [-0.2, -0.15) is 0 Å². The maximum atomic E-state index is 11.6. The number of carbonyl (C=O) groups is 1. The second-order valence-electron chi connectivity index (χ2n) is 5.35. The monoisotopic (exact) mass is 262 g/mol. The van der Waals surface area contributed by atoms with Crippen LogP contribution < -0.4 is 15.8 Å². The largest absolute Gasteiger partial charge is 0.484 e. The molecule has 1 fully saturated rings.